The van der Waals surface area contributed by atoms with E-state index < -0.39 is 31.6 Å². The monoisotopic (exact) mass is 277 g/mol. The second-order valence-corrected chi connectivity index (χ2v) is 10.8. The van der Waals surface area contributed by atoms with Gasteiger partial charge in [-0.25, -0.2) is 0 Å². The molecule has 0 unspecified atom stereocenters. The fraction of sp³-hybridized carbons (Fsp3) is 0.857. The summed E-state index contributed by atoms with van der Waals surface area (Å²) in [5.74, 6) is -0.488. The summed E-state index contributed by atoms with van der Waals surface area (Å²) in [5, 5.41) is 17.7. The van der Waals surface area contributed by atoms with Crippen molar-refractivity contribution in [1.29, 1.82) is 0 Å². The maximum absolute atomic E-state index is 10.2. The Kier molecular flexibility index (Phi) is 5.96. The van der Waals surface area contributed by atoms with Crippen LogP contribution in [0.3, 0.4) is 0 Å². The number of nitrogens with two attached hydrogens (primary N) is 1. The van der Waals surface area contributed by atoms with Crippen LogP contribution in [0.4, 0.5) is 0 Å². The number of rotatable bonds is 5. The van der Waals surface area contributed by atoms with E-state index in [0.29, 0.717) is 5.92 Å². The fourth-order valence-corrected chi connectivity index (χ4v) is 6.48. The van der Waals surface area contributed by atoms with E-state index in [1.165, 1.54) is 0 Å². The van der Waals surface area contributed by atoms with Crippen molar-refractivity contribution in [2.24, 2.45) is 9.64 Å². The Morgan fingerprint density at radius 1 is 1.58 bits per heavy atom. The van der Waals surface area contributed by atoms with E-state index in [1.54, 1.807) is 0 Å². The molecule has 0 heterocycles. The van der Waals surface area contributed by atoms with Crippen molar-refractivity contribution in [2.45, 2.75) is 28.3 Å². The van der Waals surface area contributed by atoms with Gasteiger partial charge in [0.05, 0.1) is 0 Å². The van der Waals surface area contributed by atoms with Crippen molar-refractivity contribution in [1.82, 2.24) is 0 Å². The molecule has 70 valence electrons. The maximum atomic E-state index is 10.2. The van der Waals surface area contributed by atoms with Crippen LogP contribution in [0.5, 0.6) is 0 Å². The van der Waals surface area contributed by atoms with Crippen LogP contribution in [0.2, 0.25) is 4.18 Å². The summed E-state index contributed by atoms with van der Waals surface area (Å²) in [4.78, 5) is 10.2. The molecular weight excluding hydrogens is 261 g/mol. The van der Waals surface area contributed by atoms with E-state index in [9.17, 15) is 9.90 Å². The van der Waals surface area contributed by atoms with Crippen LogP contribution >= 0.6 is 0 Å². The number of aliphatic carboxylic acids is 1. The first-order valence-corrected chi connectivity index (χ1v) is 10.2. The molecule has 0 radical (unpaired) electrons. The zero-order chi connectivity index (χ0) is 9.72. The molecule has 0 saturated heterocycles. The summed E-state index contributed by atoms with van der Waals surface area (Å²) in [6, 6.07) is 0. The predicted molar refractivity (Wildman–Crippen MR) is 47.8 cm³/mol. The van der Waals surface area contributed by atoms with Crippen LogP contribution in [0.15, 0.2) is 0 Å². The molecule has 0 amide bonds. The molecule has 0 aliphatic rings. The van der Waals surface area contributed by atoms with Crippen molar-refractivity contribution >= 4 is 27.7 Å². The van der Waals surface area contributed by atoms with Gasteiger partial charge in [0.1, 0.15) is 0 Å². The van der Waals surface area contributed by atoms with E-state index in [-0.39, 0.29) is 6.42 Å². The van der Waals surface area contributed by atoms with E-state index >= 15 is 0 Å². The Hall–Kier alpha value is 0.260. The van der Waals surface area contributed by atoms with Gasteiger partial charge in [-0.2, -0.15) is 0 Å². The zero-order valence-corrected chi connectivity index (χ0v) is 10.8. The van der Waals surface area contributed by atoms with Crippen molar-refractivity contribution in [3.63, 3.8) is 0 Å². The standard InChI is InChI=1S/C4H9.C3H5O3.In.H2N/c1-4(2)3;4-2-1-3(5)6;;/h4H,1H2,2-3H3;2,4H,1H2,(H,5,6);;1H2/q;;+1;-1. The Bertz CT molecular complexity index is 152. The molecule has 0 aromatic heterocycles. The number of hydrogen-bond donors (Lipinski definition) is 3. The summed E-state index contributed by atoms with van der Waals surface area (Å²) in [7, 11) is 0. The van der Waals surface area contributed by atoms with Gasteiger partial charge in [-0.1, -0.05) is 0 Å². The number of aliphatic hydroxyl groups is 1. The third kappa shape index (κ3) is 5.85. The van der Waals surface area contributed by atoms with Gasteiger partial charge >= 0.3 is 80.6 Å². The molecule has 5 heteroatoms. The molecule has 0 aliphatic heterocycles. The van der Waals surface area contributed by atoms with Gasteiger partial charge in [0, 0.05) is 0 Å². The van der Waals surface area contributed by atoms with Gasteiger partial charge in [0.15, 0.2) is 0 Å². The van der Waals surface area contributed by atoms with E-state index in [4.69, 9.17) is 8.83 Å². The molecule has 4 N–H and O–H groups in total. The van der Waals surface area contributed by atoms with Crippen LogP contribution in [0.25, 0.3) is 0 Å². The molecule has 12 heavy (non-hydrogen) atoms. The van der Waals surface area contributed by atoms with Crippen molar-refractivity contribution in [3.8, 4) is 0 Å². The van der Waals surface area contributed by atoms with Crippen LogP contribution in [-0.2, 0) is 4.79 Å². The molecule has 4 nitrogen and oxygen atoms in total. The topological polar surface area (TPSA) is 83.5 Å². The van der Waals surface area contributed by atoms with Crippen molar-refractivity contribution in [2.75, 3.05) is 0 Å². The van der Waals surface area contributed by atoms with Crippen LogP contribution in [0, 0.1) is 5.92 Å². The van der Waals surface area contributed by atoms with E-state index in [0.717, 1.165) is 4.18 Å². The average molecular weight is 277 g/mol. The van der Waals surface area contributed by atoms with Crippen molar-refractivity contribution in [3.05, 3.63) is 0 Å². The molecule has 0 aliphatic carbocycles. The zero-order valence-electron chi connectivity index (χ0n) is 7.53. The first-order chi connectivity index (χ1) is 5.43. The van der Waals surface area contributed by atoms with Crippen LogP contribution in [0.1, 0.15) is 20.3 Å². The Balaban J connectivity index is 3.76. The predicted octanol–water partition coefficient (Wildman–Crippen LogP) is -0.0326. The summed E-state index contributed by atoms with van der Waals surface area (Å²) in [6.07, 6.45) is -0.177. The second kappa shape index (κ2) is 5.83. The summed E-state index contributed by atoms with van der Waals surface area (Å²) < 4.78 is 5.90. The summed E-state index contributed by atoms with van der Waals surface area (Å²) in [6.45, 7) is 4.06. The Morgan fingerprint density at radius 3 is 2.42 bits per heavy atom. The molecule has 0 aromatic carbocycles. The van der Waals surface area contributed by atoms with E-state index in [1.807, 2.05) is 13.8 Å². The minimum atomic E-state index is -2.40. The SMILES string of the molecule is CC(C)[CH2][In]([NH2])[C@@H](O)CC(=O)O. The Labute approximate surface area is 80.7 Å². The van der Waals surface area contributed by atoms with Gasteiger partial charge < -0.3 is 0 Å². The van der Waals surface area contributed by atoms with Gasteiger partial charge in [0.2, 0.25) is 0 Å². The number of carbonyl (C=O) groups is 1. The van der Waals surface area contributed by atoms with Crippen molar-refractivity contribution < 1.29 is 15.0 Å². The van der Waals surface area contributed by atoms with Gasteiger partial charge in [-0.15, -0.1) is 0 Å². The molecular formula is C7H16InNO3. The molecule has 0 rings (SSSR count). The molecule has 0 bridgehead atoms. The molecule has 0 spiro atoms. The van der Waals surface area contributed by atoms with Crippen LogP contribution < -0.4 is 3.72 Å². The first-order valence-electron chi connectivity index (χ1n) is 4.09. The number of carboxylic acid groups (broad SMARTS) is 1. The molecule has 0 saturated carbocycles. The third-order valence-electron chi connectivity index (χ3n) is 1.62. The van der Waals surface area contributed by atoms with Gasteiger partial charge in [-0.3, -0.25) is 0 Å². The van der Waals surface area contributed by atoms with Gasteiger partial charge in [-0.05, 0) is 0 Å². The number of aliphatic hydroxyl groups excluding tert-OH is 1. The van der Waals surface area contributed by atoms with Gasteiger partial charge in [0.25, 0.3) is 0 Å². The number of hydrogen-bond acceptors (Lipinski definition) is 3. The first kappa shape index (κ1) is 12.3. The fourth-order valence-electron chi connectivity index (χ4n) is 1.03. The molecule has 1 atom stereocenters. The Morgan fingerprint density at radius 2 is 2.08 bits per heavy atom. The van der Waals surface area contributed by atoms with Crippen LogP contribution in [-0.4, -0.2) is 41.8 Å². The summed E-state index contributed by atoms with van der Waals surface area (Å²) >= 11 is -2.40. The average Bonchev–Trinajstić information content (AvgIpc) is 1.84. The quantitative estimate of drug-likeness (QED) is 0.658. The van der Waals surface area contributed by atoms with E-state index in [2.05, 4.69) is 0 Å². The minimum absolute atomic E-state index is 0.177. The third-order valence-corrected chi connectivity index (χ3v) is 9.36. The molecule has 0 fully saturated rings. The molecule has 0 aromatic rings. The number of carboxylic acids is 1. The normalized spacial score (nSPS) is 13.1. The second-order valence-electron chi connectivity index (χ2n) is 3.46. The summed E-state index contributed by atoms with van der Waals surface area (Å²) in [5.41, 5.74) is 0.